The number of carbonyl (C=O) groups is 1. The van der Waals surface area contributed by atoms with Crippen molar-refractivity contribution in [3.8, 4) is 5.75 Å². The lowest BCUT2D eigenvalue weighted by Gasteiger charge is -2.24. The fourth-order valence-corrected chi connectivity index (χ4v) is 5.45. The summed E-state index contributed by atoms with van der Waals surface area (Å²) >= 11 is 0. The Balaban J connectivity index is 1.36. The normalized spacial score (nSPS) is 22.3. The number of aryl methyl sites for hydroxylation is 1. The first-order valence-electron chi connectivity index (χ1n) is 13.1. The molecule has 0 spiro atoms. The van der Waals surface area contributed by atoms with Crippen LogP contribution in [-0.2, 0) is 9.53 Å². The maximum absolute atomic E-state index is 12.7. The number of aliphatic hydroxyl groups is 1. The van der Waals surface area contributed by atoms with Crippen molar-refractivity contribution in [1.82, 2.24) is 9.88 Å². The smallest absolute Gasteiger partial charge is 0.491 e. The molecule has 1 saturated heterocycles. The highest BCUT2D eigenvalue weighted by molar-refractivity contribution is 6.08. The summed E-state index contributed by atoms with van der Waals surface area (Å²) < 4.78 is 48.6. The van der Waals surface area contributed by atoms with Crippen LogP contribution in [0.1, 0.15) is 44.1 Å². The number of carbonyl (C=O) groups excluding carboxylic acids is 1. The number of esters is 1. The van der Waals surface area contributed by atoms with Crippen molar-refractivity contribution >= 4 is 33.5 Å². The first-order valence-corrected chi connectivity index (χ1v) is 13.1. The fraction of sp³-hybridized carbons (Fsp3) is 0.500. The molecule has 0 amide bonds. The average molecular weight is 532 g/mol. The number of likely N-dealkylation sites (tertiary alicyclic amines) is 1. The van der Waals surface area contributed by atoms with E-state index in [1.54, 1.807) is 0 Å². The van der Waals surface area contributed by atoms with Gasteiger partial charge in [0.05, 0.1) is 23.3 Å². The van der Waals surface area contributed by atoms with Gasteiger partial charge in [0.2, 0.25) is 5.79 Å². The number of benzene rings is 2. The number of anilines is 1. The number of pyridine rings is 1. The largest absolute Gasteiger partial charge is 0.493 e. The Labute approximate surface area is 218 Å². The van der Waals surface area contributed by atoms with Crippen molar-refractivity contribution in [2.24, 2.45) is 0 Å². The summed E-state index contributed by atoms with van der Waals surface area (Å²) in [5.74, 6) is -3.79. The number of aromatic nitrogens is 1. The zero-order valence-electron chi connectivity index (χ0n) is 21.3. The summed E-state index contributed by atoms with van der Waals surface area (Å²) in [5.41, 5.74) is 3.19. The summed E-state index contributed by atoms with van der Waals surface area (Å²) in [6, 6.07) is 11.1. The number of ether oxygens (including phenoxy) is 2. The van der Waals surface area contributed by atoms with Gasteiger partial charge < -0.3 is 24.8 Å². The second-order valence-electron chi connectivity index (χ2n) is 10.3. The van der Waals surface area contributed by atoms with Crippen LogP contribution in [0.5, 0.6) is 5.75 Å². The predicted octanol–water partition coefficient (Wildman–Crippen LogP) is 5.32. The summed E-state index contributed by atoms with van der Waals surface area (Å²) in [5, 5.41) is 15.6. The lowest BCUT2D eigenvalue weighted by Crippen LogP contribution is -2.38. The lowest BCUT2D eigenvalue weighted by molar-refractivity contribution is -0.246. The quantitative estimate of drug-likeness (QED) is 0.176. The van der Waals surface area contributed by atoms with Crippen molar-refractivity contribution in [3.05, 3.63) is 42.0 Å². The molecule has 2 heterocycles. The van der Waals surface area contributed by atoms with Gasteiger partial charge in [-0.1, -0.05) is 18.2 Å². The first-order chi connectivity index (χ1) is 18.1. The van der Waals surface area contributed by atoms with Crippen LogP contribution in [0, 0.1) is 6.92 Å². The summed E-state index contributed by atoms with van der Waals surface area (Å²) in [4.78, 5) is 18.6. The number of nitrogens with zero attached hydrogens (tertiary/aromatic N) is 2. The molecular weight excluding hydrogens is 499 g/mol. The van der Waals surface area contributed by atoms with Crippen LogP contribution >= 0.6 is 0 Å². The molecule has 7 nitrogen and oxygen atoms in total. The monoisotopic (exact) mass is 531 g/mol. The Morgan fingerprint density at radius 2 is 1.95 bits per heavy atom. The van der Waals surface area contributed by atoms with Crippen LogP contribution in [0.4, 0.5) is 18.9 Å². The molecule has 2 atom stereocenters. The number of alkyl halides is 3. The highest BCUT2D eigenvalue weighted by atomic mass is 19.4. The topological polar surface area (TPSA) is 83.9 Å². The molecule has 2 aliphatic rings. The highest BCUT2D eigenvalue weighted by Gasteiger charge is 2.49. The van der Waals surface area contributed by atoms with E-state index in [1.807, 2.05) is 43.3 Å². The highest BCUT2D eigenvalue weighted by Crippen LogP contribution is 2.39. The van der Waals surface area contributed by atoms with E-state index in [9.17, 15) is 23.1 Å². The van der Waals surface area contributed by atoms with Gasteiger partial charge in [-0.05, 0) is 63.4 Å². The number of rotatable bonds is 8. The molecule has 0 bridgehead atoms. The van der Waals surface area contributed by atoms with E-state index in [1.165, 1.54) is 12.8 Å². The fourth-order valence-electron chi connectivity index (χ4n) is 5.45. The van der Waals surface area contributed by atoms with Crippen LogP contribution < -0.4 is 10.1 Å². The Hall–Kier alpha value is -3.11. The van der Waals surface area contributed by atoms with Crippen molar-refractivity contribution in [3.63, 3.8) is 0 Å². The van der Waals surface area contributed by atoms with Crippen molar-refractivity contribution in [2.45, 2.75) is 63.5 Å². The molecule has 5 rings (SSSR count). The molecule has 2 fully saturated rings. The van der Waals surface area contributed by atoms with E-state index in [4.69, 9.17) is 9.72 Å². The first kappa shape index (κ1) is 26.5. The minimum Gasteiger partial charge on any atom is -0.493 e. The lowest BCUT2D eigenvalue weighted by atomic mass is 10.0. The van der Waals surface area contributed by atoms with Gasteiger partial charge in [-0.25, -0.2) is 9.78 Å². The SMILES string of the molecule is Cc1cc2c(N[C@@H]3CC[C@](O)(OC(=O)C(F)(F)F)C3)c3ccccc3nc2cc1OCCCN1CCCC1. The van der Waals surface area contributed by atoms with Crippen molar-refractivity contribution in [2.75, 3.05) is 31.6 Å². The number of nitrogens with one attached hydrogen (secondary N) is 1. The van der Waals surface area contributed by atoms with Crippen LogP contribution in [0.25, 0.3) is 21.8 Å². The minimum absolute atomic E-state index is 0.0954. The van der Waals surface area contributed by atoms with E-state index in [0.717, 1.165) is 64.9 Å². The molecule has 1 aromatic heterocycles. The maximum Gasteiger partial charge on any atom is 0.491 e. The van der Waals surface area contributed by atoms with Crippen LogP contribution in [-0.4, -0.2) is 65.2 Å². The number of fused-ring (bicyclic) bond motifs is 2. The molecule has 1 aliphatic carbocycles. The van der Waals surface area contributed by atoms with Gasteiger partial charge in [0, 0.05) is 42.3 Å². The standard InChI is InChI=1S/C28H32F3N3O4/c1-18-15-21-23(16-24(18)37-14-6-13-34-11-4-5-12-34)33-22-8-3-2-7-20(22)25(21)32-19-9-10-27(36,17-19)38-26(35)28(29,30)31/h2-3,7-8,15-16,19,36H,4-6,9-14,17H2,1H3,(H,32,33)/t19-,27+/m1/s1. The zero-order chi connectivity index (χ0) is 26.9. The molecule has 0 radical (unpaired) electrons. The zero-order valence-corrected chi connectivity index (χ0v) is 21.3. The van der Waals surface area contributed by atoms with E-state index >= 15 is 0 Å². The molecule has 2 N–H and O–H groups in total. The van der Waals surface area contributed by atoms with Gasteiger partial charge in [-0.15, -0.1) is 0 Å². The van der Waals surface area contributed by atoms with Gasteiger partial charge in [0.15, 0.2) is 0 Å². The van der Waals surface area contributed by atoms with Gasteiger partial charge in [0.25, 0.3) is 0 Å². The van der Waals surface area contributed by atoms with Gasteiger partial charge in [0.1, 0.15) is 5.75 Å². The summed E-state index contributed by atoms with van der Waals surface area (Å²) in [6.45, 7) is 5.92. The number of halogens is 3. The molecule has 10 heteroatoms. The molecule has 3 aromatic rings. The Kier molecular flexibility index (Phi) is 7.37. The van der Waals surface area contributed by atoms with Crippen molar-refractivity contribution < 1.29 is 32.5 Å². The molecule has 2 aromatic carbocycles. The Morgan fingerprint density at radius 1 is 1.18 bits per heavy atom. The van der Waals surface area contributed by atoms with Gasteiger partial charge in [-0.2, -0.15) is 13.2 Å². The third-order valence-corrected chi connectivity index (χ3v) is 7.36. The molecule has 1 saturated carbocycles. The third kappa shape index (κ3) is 5.81. The number of hydrogen-bond acceptors (Lipinski definition) is 7. The van der Waals surface area contributed by atoms with Crippen LogP contribution in [0.3, 0.4) is 0 Å². The second-order valence-corrected chi connectivity index (χ2v) is 10.3. The second kappa shape index (κ2) is 10.6. The predicted molar refractivity (Wildman–Crippen MR) is 138 cm³/mol. The van der Waals surface area contributed by atoms with Crippen molar-refractivity contribution in [1.29, 1.82) is 0 Å². The third-order valence-electron chi connectivity index (χ3n) is 7.36. The van der Waals surface area contributed by atoms with Crippen LogP contribution in [0.2, 0.25) is 0 Å². The molecule has 1 aliphatic heterocycles. The average Bonchev–Trinajstić information content (AvgIpc) is 3.51. The maximum atomic E-state index is 12.7. The molecule has 204 valence electrons. The van der Waals surface area contributed by atoms with E-state index < -0.39 is 24.0 Å². The van der Waals surface area contributed by atoms with E-state index in [0.29, 0.717) is 13.0 Å². The minimum atomic E-state index is -5.16. The number of para-hydroxylation sites is 1. The Bertz CT molecular complexity index is 1330. The summed E-state index contributed by atoms with van der Waals surface area (Å²) in [6.07, 6.45) is -1.62. The number of hydrogen-bond donors (Lipinski definition) is 2. The molecule has 38 heavy (non-hydrogen) atoms. The molecule has 0 unspecified atom stereocenters. The summed E-state index contributed by atoms with van der Waals surface area (Å²) in [7, 11) is 0. The Morgan fingerprint density at radius 3 is 2.71 bits per heavy atom. The van der Waals surface area contributed by atoms with Gasteiger partial charge >= 0.3 is 12.1 Å². The van der Waals surface area contributed by atoms with Gasteiger partial charge in [-0.3, -0.25) is 0 Å². The van der Waals surface area contributed by atoms with E-state index in [2.05, 4.69) is 15.0 Å². The van der Waals surface area contributed by atoms with Crippen LogP contribution in [0.15, 0.2) is 36.4 Å². The van der Waals surface area contributed by atoms with E-state index in [-0.39, 0.29) is 12.8 Å². The molecular formula is C28H32F3N3O4.